The van der Waals surface area contributed by atoms with Crippen LogP contribution in [0.1, 0.15) is 10.4 Å². The van der Waals surface area contributed by atoms with Gasteiger partial charge in [0.1, 0.15) is 6.33 Å². The average Bonchev–Trinajstić information content (AvgIpc) is 2.48. The highest BCUT2D eigenvalue weighted by Crippen LogP contribution is 2.21. The fraction of sp³-hybridized carbons (Fsp3) is 0.308. The Morgan fingerprint density at radius 3 is 2.85 bits per heavy atom. The van der Waals surface area contributed by atoms with E-state index in [0.29, 0.717) is 24.5 Å². The molecule has 104 valence electrons. The van der Waals surface area contributed by atoms with Crippen molar-refractivity contribution in [3.05, 3.63) is 30.1 Å². The summed E-state index contributed by atoms with van der Waals surface area (Å²) < 4.78 is 5.29. The minimum absolute atomic E-state index is 0.216. The summed E-state index contributed by atoms with van der Waals surface area (Å²) >= 11 is 0. The summed E-state index contributed by atoms with van der Waals surface area (Å²) in [5.41, 5.74) is 4.05. The lowest BCUT2D eigenvalue weighted by Gasteiger charge is -2.27. The van der Waals surface area contributed by atoms with Gasteiger partial charge in [0.2, 0.25) is 0 Å². The lowest BCUT2D eigenvalue weighted by atomic mass is 10.1. The van der Waals surface area contributed by atoms with Crippen molar-refractivity contribution in [3.8, 4) is 0 Å². The van der Waals surface area contributed by atoms with E-state index in [9.17, 15) is 4.79 Å². The highest BCUT2D eigenvalue weighted by atomic mass is 16.5. The van der Waals surface area contributed by atoms with Crippen molar-refractivity contribution in [2.75, 3.05) is 31.7 Å². The van der Waals surface area contributed by atoms with Crippen molar-refractivity contribution in [2.45, 2.75) is 0 Å². The number of carboxylic acid groups (broad SMARTS) is 1. The van der Waals surface area contributed by atoms with E-state index in [1.807, 2.05) is 5.01 Å². The molecule has 1 aromatic heterocycles. The number of nitrogens with one attached hydrogen (secondary N) is 1. The quantitative estimate of drug-likeness (QED) is 0.862. The lowest BCUT2D eigenvalue weighted by molar-refractivity contribution is 0.0495. The van der Waals surface area contributed by atoms with E-state index in [0.717, 1.165) is 18.5 Å². The second-order valence-electron chi connectivity index (χ2n) is 4.47. The molecule has 2 aromatic rings. The van der Waals surface area contributed by atoms with Crippen LogP contribution >= 0.6 is 0 Å². The van der Waals surface area contributed by atoms with Crippen LogP contribution in [0.4, 0.5) is 5.82 Å². The van der Waals surface area contributed by atoms with E-state index in [2.05, 4.69) is 15.4 Å². The molecule has 0 spiro atoms. The number of hydrazine groups is 1. The van der Waals surface area contributed by atoms with Crippen molar-refractivity contribution >= 4 is 22.7 Å². The van der Waals surface area contributed by atoms with Crippen LogP contribution in [0, 0.1) is 0 Å². The molecule has 0 aliphatic carbocycles. The summed E-state index contributed by atoms with van der Waals surface area (Å²) in [5, 5.41) is 11.8. The number of aromatic nitrogens is 2. The average molecular weight is 274 g/mol. The number of benzene rings is 1. The van der Waals surface area contributed by atoms with Gasteiger partial charge in [-0.25, -0.2) is 19.8 Å². The number of morpholine rings is 1. The van der Waals surface area contributed by atoms with Gasteiger partial charge in [-0.15, -0.1) is 0 Å². The largest absolute Gasteiger partial charge is 0.478 e. The SMILES string of the molecule is O=C(O)c1ccc2c(NN3CCOCC3)ncnc2c1. The maximum Gasteiger partial charge on any atom is 0.335 e. The number of nitrogens with zero attached hydrogens (tertiary/aromatic N) is 3. The van der Waals surface area contributed by atoms with Crippen LogP contribution in [0.15, 0.2) is 24.5 Å². The zero-order valence-corrected chi connectivity index (χ0v) is 10.7. The molecule has 2 N–H and O–H groups in total. The fourth-order valence-corrected chi connectivity index (χ4v) is 2.10. The Morgan fingerprint density at radius 2 is 2.10 bits per heavy atom. The molecule has 3 rings (SSSR count). The molecule has 1 aliphatic rings. The summed E-state index contributed by atoms with van der Waals surface area (Å²) in [7, 11) is 0. The van der Waals surface area contributed by atoms with Crippen molar-refractivity contribution in [3.63, 3.8) is 0 Å². The minimum atomic E-state index is -0.965. The van der Waals surface area contributed by atoms with Crippen molar-refractivity contribution in [1.82, 2.24) is 15.0 Å². The number of anilines is 1. The van der Waals surface area contributed by atoms with Crippen LogP contribution in [-0.2, 0) is 4.74 Å². The Balaban J connectivity index is 1.92. The smallest absolute Gasteiger partial charge is 0.335 e. The molecule has 1 saturated heterocycles. The number of carbonyl (C=O) groups is 1. The van der Waals surface area contributed by atoms with Crippen LogP contribution < -0.4 is 5.43 Å². The Morgan fingerprint density at radius 1 is 1.30 bits per heavy atom. The summed E-state index contributed by atoms with van der Waals surface area (Å²) in [6.45, 7) is 2.91. The van der Waals surface area contributed by atoms with Crippen molar-refractivity contribution in [2.24, 2.45) is 0 Å². The summed E-state index contributed by atoms with van der Waals surface area (Å²) in [6, 6.07) is 4.82. The predicted molar refractivity (Wildman–Crippen MR) is 72.5 cm³/mol. The molecule has 0 atom stereocenters. The number of hydrogen-bond acceptors (Lipinski definition) is 6. The van der Waals surface area contributed by atoms with E-state index in [4.69, 9.17) is 9.84 Å². The molecule has 0 radical (unpaired) electrons. The third-order valence-corrected chi connectivity index (χ3v) is 3.16. The van der Waals surface area contributed by atoms with Crippen LogP contribution in [0.25, 0.3) is 10.9 Å². The molecule has 0 saturated carbocycles. The third-order valence-electron chi connectivity index (χ3n) is 3.16. The Kier molecular flexibility index (Phi) is 3.44. The predicted octanol–water partition coefficient (Wildman–Crippen LogP) is 0.987. The first-order chi connectivity index (χ1) is 9.74. The Hall–Kier alpha value is -2.25. The third kappa shape index (κ3) is 2.54. The van der Waals surface area contributed by atoms with Crippen molar-refractivity contribution < 1.29 is 14.6 Å². The van der Waals surface area contributed by atoms with Crippen LogP contribution in [0.3, 0.4) is 0 Å². The maximum absolute atomic E-state index is 11.0. The molecule has 1 aliphatic heterocycles. The van der Waals surface area contributed by atoms with Crippen molar-refractivity contribution in [1.29, 1.82) is 0 Å². The first-order valence-electron chi connectivity index (χ1n) is 6.31. The second-order valence-corrected chi connectivity index (χ2v) is 4.47. The van der Waals surface area contributed by atoms with Gasteiger partial charge in [-0.3, -0.25) is 0 Å². The zero-order valence-electron chi connectivity index (χ0n) is 10.7. The van der Waals surface area contributed by atoms with Gasteiger partial charge in [0.25, 0.3) is 0 Å². The molecule has 7 nitrogen and oxygen atoms in total. The maximum atomic E-state index is 11.0. The van der Waals surface area contributed by atoms with Gasteiger partial charge in [0.15, 0.2) is 5.82 Å². The number of carboxylic acids is 1. The molecule has 1 aromatic carbocycles. The fourth-order valence-electron chi connectivity index (χ4n) is 2.10. The number of aromatic carboxylic acids is 1. The summed E-state index contributed by atoms with van der Waals surface area (Å²) in [4.78, 5) is 19.3. The van der Waals surface area contributed by atoms with Gasteiger partial charge < -0.3 is 15.3 Å². The number of fused-ring (bicyclic) bond motifs is 1. The molecule has 2 heterocycles. The number of hydrogen-bond donors (Lipinski definition) is 2. The van der Waals surface area contributed by atoms with E-state index in [-0.39, 0.29) is 5.56 Å². The molecular weight excluding hydrogens is 260 g/mol. The molecular formula is C13H14N4O3. The zero-order chi connectivity index (χ0) is 13.9. The molecule has 1 fully saturated rings. The molecule has 0 amide bonds. The van der Waals surface area contributed by atoms with E-state index < -0.39 is 5.97 Å². The van der Waals surface area contributed by atoms with Gasteiger partial charge in [0.05, 0.1) is 24.3 Å². The normalized spacial score (nSPS) is 16.2. The Labute approximate surface area is 115 Å². The number of ether oxygens (including phenoxy) is 1. The first-order valence-corrected chi connectivity index (χ1v) is 6.31. The van der Waals surface area contributed by atoms with Gasteiger partial charge in [-0.2, -0.15) is 0 Å². The highest BCUT2D eigenvalue weighted by molar-refractivity contribution is 5.96. The second kappa shape index (κ2) is 5.40. The Bertz CT molecular complexity index is 641. The van der Waals surface area contributed by atoms with Crippen LogP contribution in [-0.4, -0.2) is 52.4 Å². The molecule has 7 heteroatoms. The number of rotatable bonds is 3. The highest BCUT2D eigenvalue weighted by Gasteiger charge is 2.13. The topological polar surface area (TPSA) is 87.6 Å². The van der Waals surface area contributed by atoms with E-state index in [1.165, 1.54) is 6.33 Å². The van der Waals surface area contributed by atoms with Crippen LogP contribution in [0.5, 0.6) is 0 Å². The minimum Gasteiger partial charge on any atom is -0.478 e. The summed E-state index contributed by atoms with van der Waals surface area (Å²) in [6.07, 6.45) is 1.43. The molecule has 20 heavy (non-hydrogen) atoms. The van der Waals surface area contributed by atoms with Gasteiger partial charge >= 0.3 is 5.97 Å². The van der Waals surface area contributed by atoms with Gasteiger partial charge in [-0.1, -0.05) is 0 Å². The standard InChI is InChI=1S/C13H14N4O3/c18-13(19)9-1-2-10-11(7-9)14-8-15-12(10)16-17-3-5-20-6-4-17/h1-2,7-8H,3-6H2,(H,18,19)(H,14,15,16). The summed E-state index contributed by atoms with van der Waals surface area (Å²) in [5.74, 6) is -0.290. The molecule has 0 bridgehead atoms. The van der Waals surface area contributed by atoms with Gasteiger partial charge in [0, 0.05) is 18.5 Å². The lowest BCUT2D eigenvalue weighted by Crippen LogP contribution is -2.40. The van der Waals surface area contributed by atoms with Gasteiger partial charge in [-0.05, 0) is 18.2 Å². The first kappa shape index (κ1) is 12.8. The van der Waals surface area contributed by atoms with Crippen LogP contribution in [0.2, 0.25) is 0 Å². The van der Waals surface area contributed by atoms with E-state index >= 15 is 0 Å². The molecule has 0 unspecified atom stereocenters. The monoisotopic (exact) mass is 274 g/mol. The van der Waals surface area contributed by atoms with E-state index in [1.54, 1.807) is 18.2 Å².